The van der Waals surface area contributed by atoms with Gasteiger partial charge in [0.1, 0.15) is 11.5 Å². The first-order chi connectivity index (χ1) is 16.8. The normalized spacial score (nSPS) is 13.7. The van der Waals surface area contributed by atoms with Crippen LogP contribution in [0.5, 0.6) is 11.5 Å². The lowest BCUT2D eigenvalue weighted by Gasteiger charge is -2.20. The van der Waals surface area contributed by atoms with Crippen molar-refractivity contribution in [3.63, 3.8) is 0 Å². The molecule has 0 saturated carbocycles. The molecule has 0 bridgehead atoms. The van der Waals surface area contributed by atoms with Crippen LogP contribution in [0.2, 0.25) is 0 Å². The number of phenolic OH excluding ortho intramolecular Hbond substituents is 2. The number of rotatable bonds is 2. The number of hydrogen-bond donors (Lipinski definition) is 2. The summed E-state index contributed by atoms with van der Waals surface area (Å²) in [5, 5.41) is 21.3. The number of fused-ring (bicyclic) bond motifs is 4. The van der Waals surface area contributed by atoms with Gasteiger partial charge in [0.25, 0.3) is 0 Å². The van der Waals surface area contributed by atoms with E-state index in [1.54, 1.807) is 48.5 Å². The van der Waals surface area contributed by atoms with Gasteiger partial charge in [-0.1, -0.05) is 48.5 Å². The molecule has 0 fully saturated rings. The summed E-state index contributed by atoms with van der Waals surface area (Å²) in [5.41, 5.74) is 2.31. The summed E-state index contributed by atoms with van der Waals surface area (Å²) in [6.07, 6.45) is -0.0234. The van der Waals surface area contributed by atoms with Crippen molar-refractivity contribution >= 4 is 23.1 Å². The zero-order chi connectivity index (χ0) is 24.4. The van der Waals surface area contributed by atoms with Gasteiger partial charge in [-0.25, -0.2) is 0 Å². The molecule has 6 nitrogen and oxygen atoms in total. The molecular weight excluding hydrogens is 444 g/mol. The molecule has 2 aliphatic carbocycles. The van der Waals surface area contributed by atoms with E-state index in [-0.39, 0.29) is 74.4 Å². The van der Waals surface area contributed by atoms with Gasteiger partial charge in [-0.05, 0) is 35.4 Å². The fourth-order valence-electron chi connectivity index (χ4n) is 4.84. The Kier molecular flexibility index (Phi) is 4.35. The topological polar surface area (TPSA) is 109 Å². The predicted molar refractivity (Wildman–Crippen MR) is 126 cm³/mol. The standard InChI is InChI=1S/C29H16O6/c30-24-12-22-20(26(32)16-5-1-3-7-18(16)28(22)34)10-14(24)9-15-11-21-23(13-25(15)31)29(35)19-8-4-2-6-17(19)27(21)33/h1-8,10-13,30-31H,9H2. The number of aromatic hydroxyl groups is 2. The summed E-state index contributed by atoms with van der Waals surface area (Å²) in [5.74, 6) is -1.79. The molecule has 0 atom stereocenters. The van der Waals surface area contributed by atoms with Gasteiger partial charge in [0.15, 0.2) is 23.1 Å². The second-order valence-corrected chi connectivity index (χ2v) is 8.64. The van der Waals surface area contributed by atoms with Crippen LogP contribution in [0.25, 0.3) is 0 Å². The van der Waals surface area contributed by atoms with E-state index in [0.29, 0.717) is 22.3 Å². The van der Waals surface area contributed by atoms with E-state index < -0.39 is 0 Å². The van der Waals surface area contributed by atoms with Crippen molar-refractivity contribution in [1.82, 2.24) is 0 Å². The maximum Gasteiger partial charge on any atom is 0.194 e. The van der Waals surface area contributed by atoms with Crippen LogP contribution in [0.4, 0.5) is 0 Å². The molecule has 6 heteroatoms. The van der Waals surface area contributed by atoms with E-state index in [1.807, 2.05) is 0 Å². The molecule has 0 heterocycles. The van der Waals surface area contributed by atoms with Gasteiger partial charge in [-0.2, -0.15) is 0 Å². The van der Waals surface area contributed by atoms with Crippen LogP contribution < -0.4 is 0 Å². The Labute approximate surface area is 199 Å². The van der Waals surface area contributed by atoms with Crippen LogP contribution in [-0.4, -0.2) is 33.3 Å². The molecule has 0 amide bonds. The molecule has 0 unspecified atom stereocenters. The maximum absolute atomic E-state index is 13.1. The lowest BCUT2D eigenvalue weighted by Crippen LogP contribution is -2.21. The molecule has 35 heavy (non-hydrogen) atoms. The highest BCUT2D eigenvalue weighted by atomic mass is 16.3. The van der Waals surface area contributed by atoms with Gasteiger partial charge in [-0.3, -0.25) is 19.2 Å². The Bertz CT molecular complexity index is 1540. The quantitative estimate of drug-likeness (QED) is 0.400. The van der Waals surface area contributed by atoms with E-state index in [9.17, 15) is 29.4 Å². The lowest BCUT2D eigenvalue weighted by molar-refractivity contribution is 0.0978. The number of benzene rings is 4. The van der Waals surface area contributed by atoms with Crippen molar-refractivity contribution in [2.24, 2.45) is 0 Å². The van der Waals surface area contributed by atoms with Crippen molar-refractivity contribution in [1.29, 1.82) is 0 Å². The Balaban J connectivity index is 1.43. The first kappa shape index (κ1) is 20.7. The Morgan fingerprint density at radius 1 is 0.429 bits per heavy atom. The minimum Gasteiger partial charge on any atom is -0.508 e. The highest BCUT2D eigenvalue weighted by molar-refractivity contribution is 6.29. The maximum atomic E-state index is 13.1. The number of phenols is 2. The van der Waals surface area contributed by atoms with Gasteiger partial charge >= 0.3 is 0 Å². The van der Waals surface area contributed by atoms with Gasteiger partial charge < -0.3 is 10.2 Å². The Morgan fingerprint density at radius 3 is 1.03 bits per heavy atom. The minimum absolute atomic E-state index is 0.0234. The summed E-state index contributed by atoms with van der Waals surface area (Å²) < 4.78 is 0. The number of ketones is 4. The van der Waals surface area contributed by atoms with Gasteiger partial charge in [-0.15, -0.1) is 0 Å². The van der Waals surface area contributed by atoms with Crippen LogP contribution >= 0.6 is 0 Å². The predicted octanol–water partition coefficient (Wildman–Crippen LogP) is 4.24. The van der Waals surface area contributed by atoms with Gasteiger partial charge in [0, 0.05) is 50.9 Å². The fraction of sp³-hybridized carbons (Fsp3) is 0.0345. The molecule has 2 N–H and O–H groups in total. The second-order valence-electron chi connectivity index (χ2n) is 8.64. The third-order valence-electron chi connectivity index (χ3n) is 6.63. The highest BCUT2D eigenvalue weighted by Gasteiger charge is 2.32. The Hall–Kier alpha value is -4.84. The fourth-order valence-corrected chi connectivity index (χ4v) is 4.84. The molecule has 0 spiro atoms. The summed E-state index contributed by atoms with van der Waals surface area (Å²) in [7, 11) is 0. The zero-order valence-corrected chi connectivity index (χ0v) is 18.2. The second kappa shape index (κ2) is 7.33. The molecule has 0 radical (unpaired) electrons. The van der Waals surface area contributed by atoms with Crippen molar-refractivity contribution in [3.8, 4) is 11.5 Å². The first-order valence-electron chi connectivity index (χ1n) is 10.9. The summed E-state index contributed by atoms with van der Waals surface area (Å²) in [6, 6.07) is 18.4. The van der Waals surface area contributed by atoms with Crippen molar-refractivity contribution in [2.45, 2.75) is 6.42 Å². The van der Waals surface area contributed by atoms with E-state index >= 15 is 0 Å². The largest absolute Gasteiger partial charge is 0.508 e. The van der Waals surface area contributed by atoms with Crippen LogP contribution in [0.3, 0.4) is 0 Å². The molecule has 4 aromatic carbocycles. The summed E-state index contributed by atoms with van der Waals surface area (Å²) in [4.78, 5) is 51.9. The molecule has 2 aliphatic rings. The van der Waals surface area contributed by atoms with E-state index in [4.69, 9.17) is 0 Å². The number of carbonyl (C=O) groups is 4. The van der Waals surface area contributed by atoms with E-state index in [0.717, 1.165) is 0 Å². The van der Waals surface area contributed by atoms with Crippen molar-refractivity contribution in [2.75, 3.05) is 0 Å². The molecule has 0 saturated heterocycles. The SMILES string of the molecule is O=C1c2ccccc2C(=O)c2cc(Cc3cc4c(cc3O)C(=O)c3ccccc3C4=O)c(O)cc21. The van der Waals surface area contributed by atoms with Crippen LogP contribution in [0.1, 0.15) is 74.8 Å². The molecule has 0 aromatic heterocycles. The van der Waals surface area contributed by atoms with Crippen LogP contribution in [0, 0.1) is 0 Å². The average molecular weight is 460 g/mol. The smallest absolute Gasteiger partial charge is 0.194 e. The van der Waals surface area contributed by atoms with Gasteiger partial charge in [0.2, 0.25) is 0 Å². The third-order valence-corrected chi connectivity index (χ3v) is 6.63. The molecule has 6 rings (SSSR count). The van der Waals surface area contributed by atoms with Gasteiger partial charge in [0.05, 0.1) is 0 Å². The molecular formula is C29H16O6. The number of carbonyl (C=O) groups excluding carboxylic acids is 4. The number of hydrogen-bond acceptors (Lipinski definition) is 6. The van der Waals surface area contributed by atoms with Crippen LogP contribution in [0.15, 0.2) is 72.8 Å². The van der Waals surface area contributed by atoms with E-state index in [2.05, 4.69) is 0 Å². The van der Waals surface area contributed by atoms with Crippen LogP contribution in [-0.2, 0) is 6.42 Å². The Morgan fingerprint density at radius 2 is 0.714 bits per heavy atom. The minimum atomic E-state index is -0.351. The highest BCUT2D eigenvalue weighted by Crippen LogP contribution is 2.36. The molecule has 0 aliphatic heterocycles. The molecule has 4 aromatic rings. The average Bonchev–Trinajstić information content (AvgIpc) is 2.87. The van der Waals surface area contributed by atoms with Crippen molar-refractivity contribution < 1.29 is 29.4 Å². The summed E-state index contributed by atoms with van der Waals surface area (Å²) >= 11 is 0. The van der Waals surface area contributed by atoms with E-state index in [1.165, 1.54) is 24.3 Å². The molecule has 168 valence electrons. The first-order valence-corrected chi connectivity index (χ1v) is 10.9. The van der Waals surface area contributed by atoms with Crippen molar-refractivity contribution in [3.05, 3.63) is 128 Å². The monoisotopic (exact) mass is 460 g/mol. The third kappa shape index (κ3) is 2.97. The zero-order valence-electron chi connectivity index (χ0n) is 18.2. The summed E-state index contributed by atoms with van der Waals surface area (Å²) in [6.45, 7) is 0. The lowest BCUT2D eigenvalue weighted by atomic mass is 9.81.